The van der Waals surface area contributed by atoms with Crippen LogP contribution in [0.25, 0.3) is 0 Å². The van der Waals surface area contributed by atoms with Crippen molar-refractivity contribution >= 4 is 0 Å². The van der Waals surface area contributed by atoms with Gasteiger partial charge in [-0.3, -0.25) is 0 Å². The van der Waals surface area contributed by atoms with Gasteiger partial charge < -0.3 is 5.32 Å². The van der Waals surface area contributed by atoms with Crippen LogP contribution >= 0.6 is 0 Å². The highest BCUT2D eigenvalue weighted by molar-refractivity contribution is 5.22. The SMILES string of the molecule is CC(C)C[C@@H]1NCC[C@@H]1c1ccccc1. The van der Waals surface area contributed by atoms with Crippen LogP contribution in [0, 0.1) is 5.92 Å². The number of hydrogen-bond donors (Lipinski definition) is 1. The van der Waals surface area contributed by atoms with Gasteiger partial charge in [-0.05, 0) is 30.9 Å². The second kappa shape index (κ2) is 4.80. The summed E-state index contributed by atoms with van der Waals surface area (Å²) < 4.78 is 0. The van der Waals surface area contributed by atoms with E-state index in [-0.39, 0.29) is 0 Å². The zero-order valence-electron chi connectivity index (χ0n) is 9.74. The molecule has 0 unspecified atom stereocenters. The lowest BCUT2D eigenvalue weighted by molar-refractivity contribution is 0.434. The monoisotopic (exact) mass is 203 g/mol. The van der Waals surface area contributed by atoms with Gasteiger partial charge in [-0.15, -0.1) is 0 Å². The Morgan fingerprint density at radius 3 is 2.67 bits per heavy atom. The number of benzene rings is 1. The summed E-state index contributed by atoms with van der Waals surface area (Å²) in [6.07, 6.45) is 2.58. The molecule has 0 bridgehead atoms. The molecule has 0 radical (unpaired) electrons. The van der Waals surface area contributed by atoms with Crippen LogP contribution in [0.15, 0.2) is 30.3 Å². The van der Waals surface area contributed by atoms with Gasteiger partial charge in [-0.2, -0.15) is 0 Å². The topological polar surface area (TPSA) is 12.0 Å². The first kappa shape index (κ1) is 10.7. The molecule has 0 saturated carbocycles. The van der Waals surface area contributed by atoms with Gasteiger partial charge in [-0.1, -0.05) is 44.2 Å². The molecule has 0 spiro atoms. The average molecular weight is 203 g/mol. The van der Waals surface area contributed by atoms with Gasteiger partial charge in [0.2, 0.25) is 0 Å². The lowest BCUT2D eigenvalue weighted by Gasteiger charge is -2.21. The molecule has 1 N–H and O–H groups in total. The molecule has 1 heteroatoms. The standard InChI is InChI=1S/C14H21N/c1-11(2)10-14-13(8-9-15-14)12-6-4-3-5-7-12/h3-7,11,13-15H,8-10H2,1-2H3/t13-,14+/m1/s1. The van der Waals surface area contributed by atoms with Gasteiger partial charge in [0.1, 0.15) is 0 Å². The molecule has 1 aliphatic rings. The molecular weight excluding hydrogens is 182 g/mol. The minimum atomic E-state index is 0.687. The van der Waals surface area contributed by atoms with Crippen LogP contribution in [0.3, 0.4) is 0 Å². The zero-order valence-corrected chi connectivity index (χ0v) is 9.74. The van der Waals surface area contributed by atoms with E-state index in [4.69, 9.17) is 0 Å². The minimum absolute atomic E-state index is 0.687. The first-order valence-corrected chi connectivity index (χ1v) is 6.05. The summed E-state index contributed by atoms with van der Waals surface area (Å²) >= 11 is 0. The van der Waals surface area contributed by atoms with Crippen LogP contribution in [-0.2, 0) is 0 Å². The van der Waals surface area contributed by atoms with E-state index in [0.29, 0.717) is 6.04 Å². The van der Waals surface area contributed by atoms with Gasteiger partial charge in [-0.25, -0.2) is 0 Å². The third-order valence-electron chi connectivity index (χ3n) is 3.30. The summed E-state index contributed by atoms with van der Waals surface area (Å²) in [5.74, 6) is 1.51. The first-order chi connectivity index (χ1) is 7.27. The highest BCUT2D eigenvalue weighted by Gasteiger charge is 2.28. The van der Waals surface area contributed by atoms with Gasteiger partial charge >= 0.3 is 0 Å². The summed E-state index contributed by atoms with van der Waals surface area (Å²) in [6, 6.07) is 11.6. The third kappa shape index (κ3) is 2.60. The molecule has 1 aromatic rings. The second-order valence-electron chi connectivity index (χ2n) is 5.00. The van der Waals surface area contributed by atoms with E-state index >= 15 is 0 Å². The summed E-state index contributed by atoms with van der Waals surface area (Å²) in [6.45, 7) is 5.79. The Morgan fingerprint density at radius 1 is 1.27 bits per heavy atom. The molecule has 82 valence electrons. The Morgan fingerprint density at radius 2 is 2.00 bits per heavy atom. The van der Waals surface area contributed by atoms with E-state index in [1.54, 1.807) is 0 Å². The molecule has 0 amide bonds. The fraction of sp³-hybridized carbons (Fsp3) is 0.571. The Balaban J connectivity index is 2.08. The Hall–Kier alpha value is -0.820. The summed E-state index contributed by atoms with van der Waals surface area (Å²) in [5, 5.41) is 3.64. The van der Waals surface area contributed by atoms with E-state index in [9.17, 15) is 0 Å². The Bertz CT molecular complexity index is 291. The maximum atomic E-state index is 3.64. The van der Waals surface area contributed by atoms with E-state index < -0.39 is 0 Å². The van der Waals surface area contributed by atoms with Crippen molar-refractivity contribution in [1.29, 1.82) is 0 Å². The number of rotatable bonds is 3. The van der Waals surface area contributed by atoms with Crippen LogP contribution in [-0.4, -0.2) is 12.6 Å². The predicted molar refractivity (Wildman–Crippen MR) is 65.0 cm³/mol. The maximum absolute atomic E-state index is 3.64. The van der Waals surface area contributed by atoms with E-state index in [0.717, 1.165) is 11.8 Å². The minimum Gasteiger partial charge on any atom is -0.313 e. The summed E-state index contributed by atoms with van der Waals surface area (Å²) in [4.78, 5) is 0. The Kier molecular flexibility index (Phi) is 3.42. The van der Waals surface area contributed by atoms with Crippen molar-refractivity contribution in [2.45, 2.75) is 38.6 Å². The maximum Gasteiger partial charge on any atom is 0.0139 e. The Labute approximate surface area is 92.9 Å². The summed E-state index contributed by atoms with van der Waals surface area (Å²) in [7, 11) is 0. The molecule has 0 aromatic heterocycles. The normalized spacial score (nSPS) is 26.1. The van der Waals surface area contributed by atoms with Gasteiger partial charge in [0, 0.05) is 12.0 Å². The average Bonchev–Trinajstić information content (AvgIpc) is 2.66. The van der Waals surface area contributed by atoms with E-state index in [2.05, 4.69) is 49.5 Å². The molecule has 0 aliphatic carbocycles. The largest absolute Gasteiger partial charge is 0.313 e. The van der Waals surface area contributed by atoms with Crippen LogP contribution in [0.4, 0.5) is 0 Å². The van der Waals surface area contributed by atoms with E-state index in [1.807, 2.05) is 0 Å². The molecule has 1 aliphatic heterocycles. The van der Waals surface area contributed by atoms with Gasteiger partial charge in [0.25, 0.3) is 0 Å². The summed E-state index contributed by atoms with van der Waals surface area (Å²) in [5.41, 5.74) is 1.51. The molecule has 15 heavy (non-hydrogen) atoms. The highest BCUT2D eigenvalue weighted by atomic mass is 14.9. The van der Waals surface area contributed by atoms with Crippen molar-refractivity contribution in [2.75, 3.05) is 6.54 Å². The van der Waals surface area contributed by atoms with Crippen molar-refractivity contribution in [3.63, 3.8) is 0 Å². The molecule has 1 saturated heterocycles. The quantitative estimate of drug-likeness (QED) is 0.795. The molecule has 1 aromatic carbocycles. The molecule has 2 atom stereocenters. The van der Waals surface area contributed by atoms with Crippen molar-refractivity contribution in [3.05, 3.63) is 35.9 Å². The van der Waals surface area contributed by atoms with Crippen LogP contribution in [0.2, 0.25) is 0 Å². The fourth-order valence-corrected chi connectivity index (χ4v) is 2.62. The first-order valence-electron chi connectivity index (χ1n) is 6.05. The van der Waals surface area contributed by atoms with Crippen molar-refractivity contribution in [2.24, 2.45) is 5.92 Å². The molecule has 1 fully saturated rings. The molecule has 1 heterocycles. The van der Waals surface area contributed by atoms with Crippen molar-refractivity contribution in [1.82, 2.24) is 5.32 Å². The third-order valence-corrected chi connectivity index (χ3v) is 3.30. The van der Waals surface area contributed by atoms with E-state index in [1.165, 1.54) is 24.9 Å². The molecule has 1 nitrogen and oxygen atoms in total. The van der Waals surface area contributed by atoms with Crippen LogP contribution in [0.5, 0.6) is 0 Å². The number of nitrogens with one attached hydrogen (secondary N) is 1. The lowest BCUT2D eigenvalue weighted by Crippen LogP contribution is -2.27. The predicted octanol–water partition coefficient (Wildman–Crippen LogP) is 3.18. The van der Waals surface area contributed by atoms with Gasteiger partial charge in [0.05, 0.1) is 0 Å². The molecule has 2 rings (SSSR count). The van der Waals surface area contributed by atoms with Crippen molar-refractivity contribution in [3.8, 4) is 0 Å². The van der Waals surface area contributed by atoms with Crippen LogP contribution < -0.4 is 5.32 Å². The number of hydrogen-bond acceptors (Lipinski definition) is 1. The lowest BCUT2D eigenvalue weighted by atomic mass is 9.87. The highest BCUT2D eigenvalue weighted by Crippen LogP contribution is 2.30. The van der Waals surface area contributed by atoms with Gasteiger partial charge in [0.15, 0.2) is 0 Å². The zero-order chi connectivity index (χ0) is 10.7. The smallest absolute Gasteiger partial charge is 0.0139 e. The van der Waals surface area contributed by atoms with Crippen molar-refractivity contribution < 1.29 is 0 Å². The second-order valence-corrected chi connectivity index (χ2v) is 5.00. The fourth-order valence-electron chi connectivity index (χ4n) is 2.62. The van der Waals surface area contributed by atoms with Crippen LogP contribution in [0.1, 0.15) is 38.2 Å². The molecular formula is C14H21N.